The van der Waals surface area contributed by atoms with E-state index < -0.39 is 21.3 Å². The number of thioether (sulfide) groups is 1. The van der Waals surface area contributed by atoms with Crippen molar-refractivity contribution in [1.29, 1.82) is 0 Å². The molecular formula is C14H20N2O3S2. The van der Waals surface area contributed by atoms with Gasteiger partial charge in [-0.15, -0.1) is 0 Å². The highest BCUT2D eigenvalue weighted by atomic mass is 32.2. The molecule has 7 heteroatoms. The number of carbonyl (C=O) groups is 1. The Balaban J connectivity index is 2.10. The van der Waals surface area contributed by atoms with Crippen LogP contribution in [-0.4, -0.2) is 54.9 Å². The number of nitrogens with two attached hydrogens (primary N) is 1. The minimum absolute atomic E-state index is 0.283. The smallest absolute Gasteiger partial charge is 0.240 e. The molecule has 1 aromatic rings. The second-order valence-corrected chi connectivity index (χ2v) is 8.54. The Labute approximate surface area is 129 Å². The fourth-order valence-electron chi connectivity index (χ4n) is 2.36. The van der Waals surface area contributed by atoms with Crippen molar-refractivity contribution in [3.05, 3.63) is 35.9 Å². The number of sulfone groups is 1. The number of rotatable bonds is 4. The van der Waals surface area contributed by atoms with Crippen molar-refractivity contribution in [3.63, 3.8) is 0 Å². The highest BCUT2D eigenvalue weighted by molar-refractivity contribution is 8.00. The van der Waals surface area contributed by atoms with Crippen LogP contribution in [0.3, 0.4) is 0 Å². The summed E-state index contributed by atoms with van der Waals surface area (Å²) in [7, 11) is -3.30. The van der Waals surface area contributed by atoms with Crippen molar-refractivity contribution >= 4 is 27.5 Å². The van der Waals surface area contributed by atoms with Gasteiger partial charge in [-0.2, -0.15) is 11.8 Å². The maximum Gasteiger partial charge on any atom is 0.240 e. The molecule has 1 aliphatic heterocycles. The van der Waals surface area contributed by atoms with Crippen LogP contribution in [0.25, 0.3) is 0 Å². The molecular weight excluding hydrogens is 308 g/mol. The van der Waals surface area contributed by atoms with Crippen molar-refractivity contribution in [2.24, 2.45) is 5.73 Å². The zero-order valence-corrected chi connectivity index (χ0v) is 13.6. The van der Waals surface area contributed by atoms with Crippen LogP contribution >= 0.6 is 11.8 Å². The Morgan fingerprint density at radius 2 is 2.10 bits per heavy atom. The Bertz CT molecular complexity index is 589. The van der Waals surface area contributed by atoms with Crippen LogP contribution in [0.2, 0.25) is 0 Å². The minimum atomic E-state index is -3.30. The summed E-state index contributed by atoms with van der Waals surface area (Å²) in [6.07, 6.45) is 1.59. The summed E-state index contributed by atoms with van der Waals surface area (Å²) in [6.45, 7) is 0.434. The molecule has 0 aliphatic carbocycles. The van der Waals surface area contributed by atoms with Gasteiger partial charge in [0, 0.05) is 24.3 Å². The summed E-state index contributed by atoms with van der Waals surface area (Å²) < 4.78 is 23.7. The third-order valence-electron chi connectivity index (χ3n) is 3.48. The lowest BCUT2D eigenvalue weighted by Gasteiger charge is -2.35. The Hall–Kier alpha value is -1.05. The molecule has 1 saturated heterocycles. The van der Waals surface area contributed by atoms with E-state index in [1.54, 1.807) is 11.8 Å². The van der Waals surface area contributed by atoms with Gasteiger partial charge in [0.1, 0.15) is 5.37 Å². The maximum atomic E-state index is 12.5. The number of amides is 1. The molecule has 0 spiro atoms. The lowest BCUT2D eigenvalue weighted by atomic mass is 10.1. The second kappa shape index (κ2) is 6.81. The Morgan fingerprint density at radius 1 is 1.43 bits per heavy atom. The van der Waals surface area contributed by atoms with Gasteiger partial charge in [0.05, 0.1) is 6.04 Å². The van der Waals surface area contributed by atoms with Crippen LogP contribution in [0.5, 0.6) is 0 Å². The normalized spacial score (nSPS) is 21.0. The van der Waals surface area contributed by atoms with Crippen LogP contribution in [-0.2, 0) is 21.1 Å². The minimum Gasteiger partial charge on any atom is -0.323 e. The molecule has 2 rings (SSSR count). The predicted octanol–water partition coefficient (Wildman–Crippen LogP) is 0.503. The first-order chi connectivity index (χ1) is 9.89. The molecule has 0 aromatic heterocycles. The summed E-state index contributed by atoms with van der Waals surface area (Å²) in [5.41, 5.74) is 6.97. The lowest BCUT2D eigenvalue weighted by molar-refractivity contribution is -0.133. The quantitative estimate of drug-likeness (QED) is 0.871. The van der Waals surface area contributed by atoms with Gasteiger partial charge in [-0.05, 0) is 12.0 Å². The zero-order valence-electron chi connectivity index (χ0n) is 11.9. The van der Waals surface area contributed by atoms with Gasteiger partial charge in [-0.1, -0.05) is 30.3 Å². The molecule has 1 unspecified atom stereocenters. The van der Waals surface area contributed by atoms with Gasteiger partial charge >= 0.3 is 0 Å². The van der Waals surface area contributed by atoms with Gasteiger partial charge in [0.25, 0.3) is 0 Å². The third kappa shape index (κ3) is 4.21. The summed E-state index contributed by atoms with van der Waals surface area (Å²) in [6, 6.07) is 8.80. The molecule has 21 heavy (non-hydrogen) atoms. The predicted molar refractivity (Wildman–Crippen MR) is 85.8 cm³/mol. The molecule has 116 valence electrons. The van der Waals surface area contributed by atoms with Crippen LogP contribution in [0.15, 0.2) is 30.3 Å². The number of benzene rings is 1. The fraction of sp³-hybridized carbons (Fsp3) is 0.500. The van der Waals surface area contributed by atoms with Gasteiger partial charge < -0.3 is 10.6 Å². The van der Waals surface area contributed by atoms with Crippen molar-refractivity contribution in [2.45, 2.75) is 17.8 Å². The van der Waals surface area contributed by atoms with Gasteiger partial charge in [0.15, 0.2) is 9.84 Å². The van der Waals surface area contributed by atoms with Gasteiger partial charge in [0.2, 0.25) is 5.91 Å². The molecule has 1 aliphatic rings. The largest absolute Gasteiger partial charge is 0.323 e. The number of carbonyl (C=O) groups excluding carboxylic acids is 1. The fourth-order valence-corrected chi connectivity index (χ4v) is 5.18. The van der Waals surface area contributed by atoms with Crippen molar-refractivity contribution in [1.82, 2.24) is 4.90 Å². The topological polar surface area (TPSA) is 80.5 Å². The van der Waals surface area contributed by atoms with E-state index in [2.05, 4.69) is 0 Å². The zero-order chi connectivity index (χ0) is 15.5. The van der Waals surface area contributed by atoms with Gasteiger partial charge in [-0.3, -0.25) is 4.79 Å². The van der Waals surface area contributed by atoms with E-state index in [-0.39, 0.29) is 5.91 Å². The molecule has 0 saturated carbocycles. The van der Waals surface area contributed by atoms with Crippen molar-refractivity contribution < 1.29 is 13.2 Å². The lowest BCUT2D eigenvalue weighted by Crippen LogP contribution is -2.55. The van der Waals surface area contributed by atoms with E-state index in [9.17, 15) is 13.2 Å². The highest BCUT2D eigenvalue weighted by Gasteiger charge is 2.36. The van der Waals surface area contributed by atoms with E-state index in [1.807, 2.05) is 30.3 Å². The number of hydrogen-bond acceptors (Lipinski definition) is 5. The molecule has 1 heterocycles. The van der Waals surface area contributed by atoms with E-state index in [0.29, 0.717) is 18.7 Å². The third-order valence-corrected chi connectivity index (χ3v) is 6.12. The number of hydrogen-bond donors (Lipinski definition) is 1. The highest BCUT2D eigenvalue weighted by Crippen LogP contribution is 2.21. The van der Waals surface area contributed by atoms with Crippen LogP contribution in [0.1, 0.15) is 5.56 Å². The number of nitrogens with zero attached hydrogens (tertiary/aromatic N) is 1. The molecule has 0 bridgehead atoms. The first-order valence-corrected chi connectivity index (χ1v) is 9.87. The summed E-state index contributed by atoms with van der Waals surface area (Å²) in [4.78, 5) is 13.9. The van der Waals surface area contributed by atoms with E-state index in [1.165, 1.54) is 11.2 Å². The summed E-state index contributed by atoms with van der Waals surface area (Å²) >= 11 is 1.55. The van der Waals surface area contributed by atoms with E-state index in [4.69, 9.17) is 5.73 Å². The molecule has 1 fully saturated rings. The molecule has 2 atom stereocenters. The SMILES string of the molecule is CS(=O)(=O)C1CSCCN1C(=O)[C@H](N)Cc1ccccc1. The monoisotopic (exact) mass is 328 g/mol. The second-order valence-electron chi connectivity index (χ2n) is 5.19. The Morgan fingerprint density at radius 3 is 2.71 bits per heavy atom. The molecule has 1 amide bonds. The molecule has 1 aromatic carbocycles. The summed E-state index contributed by atoms with van der Waals surface area (Å²) in [5.74, 6) is 0.882. The Kier molecular flexibility index (Phi) is 5.29. The van der Waals surface area contributed by atoms with Crippen molar-refractivity contribution in [3.8, 4) is 0 Å². The molecule has 2 N–H and O–H groups in total. The molecule has 0 radical (unpaired) electrons. The van der Waals surface area contributed by atoms with Crippen molar-refractivity contribution in [2.75, 3.05) is 24.3 Å². The maximum absolute atomic E-state index is 12.5. The average molecular weight is 328 g/mol. The van der Waals surface area contributed by atoms with Crippen LogP contribution in [0, 0.1) is 0 Å². The standard InChI is InChI=1S/C14H20N2O3S2/c1-21(18,19)13-10-20-8-7-16(13)14(17)12(15)9-11-5-3-2-4-6-11/h2-6,12-13H,7-10,15H2,1H3/t12-,13?/m1/s1. The first kappa shape index (κ1) is 16.3. The van der Waals surface area contributed by atoms with Gasteiger partial charge in [-0.25, -0.2) is 8.42 Å². The average Bonchev–Trinajstić information content (AvgIpc) is 2.46. The van der Waals surface area contributed by atoms with Crippen LogP contribution in [0.4, 0.5) is 0 Å². The van der Waals surface area contributed by atoms with E-state index >= 15 is 0 Å². The van der Waals surface area contributed by atoms with Crippen LogP contribution < -0.4 is 5.73 Å². The molecule has 5 nitrogen and oxygen atoms in total. The first-order valence-electron chi connectivity index (χ1n) is 6.76. The van der Waals surface area contributed by atoms with E-state index in [0.717, 1.165) is 11.3 Å². The summed E-state index contributed by atoms with van der Waals surface area (Å²) in [5, 5.41) is -0.759.